The summed E-state index contributed by atoms with van der Waals surface area (Å²) in [6.07, 6.45) is -1.65. The fourth-order valence-electron chi connectivity index (χ4n) is 5.72. The molecule has 4 aromatic rings. The number of H-pyrrole nitrogens is 1. The van der Waals surface area contributed by atoms with Crippen LogP contribution in [0.4, 0.5) is 16.2 Å². The lowest BCUT2D eigenvalue weighted by atomic mass is 9.70. The second-order valence-electron chi connectivity index (χ2n) is 10.5. The van der Waals surface area contributed by atoms with E-state index < -0.39 is 56.2 Å². The predicted octanol–water partition coefficient (Wildman–Crippen LogP) is 1.24. The quantitative estimate of drug-likeness (QED) is 0.147. The van der Waals surface area contributed by atoms with E-state index in [1.165, 1.54) is 23.5 Å². The zero-order valence-corrected chi connectivity index (χ0v) is 25.8. The zero-order chi connectivity index (χ0) is 31.0. The van der Waals surface area contributed by atoms with Crippen LogP contribution in [0, 0.1) is 11.8 Å². The Balaban J connectivity index is 1.14. The van der Waals surface area contributed by atoms with Crippen LogP contribution in [0.15, 0.2) is 23.8 Å². The fourth-order valence-corrected chi connectivity index (χ4v) is 8.37. The first kappa shape index (κ1) is 30.1. The Morgan fingerprint density at radius 1 is 1.07 bits per heavy atom. The first-order valence-electron chi connectivity index (χ1n) is 13.1. The molecule has 44 heavy (non-hydrogen) atoms. The van der Waals surface area contributed by atoms with Crippen molar-refractivity contribution in [2.75, 3.05) is 31.3 Å². The van der Waals surface area contributed by atoms with Gasteiger partial charge in [-0.15, -0.1) is 0 Å². The van der Waals surface area contributed by atoms with Crippen molar-refractivity contribution in [1.29, 1.82) is 0 Å². The molecule has 6 heterocycles. The van der Waals surface area contributed by atoms with Crippen molar-refractivity contribution in [2.45, 2.75) is 37.1 Å². The van der Waals surface area contributed by atoms with Gasteiger partial charge in [0.05, 0.1) is 32.5 Å². The molecule has 1 aliphatic carbocycles. The van der Waals surface area contributed by atoms with Gasteiger partial charge in [0.1, 0.15) is 24.1 Å². The molecule has 7 rings (SSSR count). The minimum atomic E-state index is -4.05. The first-order chi connectivity index (χ1) is 20.9. The van der Waals surface area contributed by atoms with Gasteiger partial charge in [0.2, 0.25) is 5.95 Å². The number of ether oxygens (including phenoxy) is 1. The number of thiol groups is 1. The van der Waals surface area contributed by atoms with Crippen molar-refractivity contribution in [3.8, 4) is 0 Å². The van der Waals surface area contributed by atoms with Crippen LogP contribution in [0.1, 0.15) is 18.7 Å². The number of aromatic amines is 1. The maximum Gasteiger partial charge on any atom is 0.386 e. The highest BCUT2D eigenvalue weighted by atomic mass is 32.7. The summed E-state index contributed by atoms with van der Waals surface area (Å²) < 4.78 is 60.6. The molecule has 3 aliphatic rings. The smallest absolute Gasteiger partial charge is 0.382 e. The molecule has 2 saturated heterocycles. The van der Waals surface area contributed by atoms with Gasteiger partial charge in [-0.05, 0) is 24.1 Å². The Morgan fingerprint density at radius 2 is 1.82 bits per heavy atom. The number of rotatable bonds is 2. The number of halogens is 1. The van der Waals surface area contributed by atoms with Gasteiger partial charge in [0.15, 0.2) is 35.0 Å². The van der Waals surface area contributed by atoms with Gasteiger partial charge in [-0.2, -0.15) is 4.98 Å². The average Bonchev–Trinajstić information content (AvgIpc) is 3.63. The highest BCUT2D eigenvalue weighted by molar-refractivity contribution is 8.44. The molecule has 6 N–H and O–H groups in total. The van der Waals surface area contributed by atoms with Crippen LogP contribution in [0.2, 0.25) is 0 Å². The van der Waals surface area contributed by atoms with Gasteiger partial charge in [-0.25, -0.2) is 28.9 Å². The van der Waals surface area contributed by atoms with Crippen LogP contribution < -0.4 is 17.0 Å². The first-order valence-corrected chi connectivity index (χ1v) is 18.4. The number of fused-ring (bicyclic) bond motifs is 4. The van der Waals surface area contributed by atoms with Crippen LogP contribution in [0.5, 0.6) is 0 Å². The number of nitrogens with zero attached hydrogens (tertiary/aromatic N) is 7. The maximum atomic E-state index is 16.0. The lowest BCUT2D eigenvalue weighted by Crippen LogP contribution is -2.43. The molecule has 0 spiro atoms. The third-order valence-electron chi connectivity index (χ3n) is 7.92. The zero-order valence-electron chi connectivity index (χ0n) is 22.3. The molecule has 4 aromatic heterocycles. The van der Waals surface area contributed by atoms with Crippen LogP contribution >= 0.6 is 25.8 Å². The maximum absolute atomic E-state index is 16.0. The Labute approximate surface area is 256 Å². The molecule has 18 nitrogen and oxygen atoms in total. The molecule has 0 bridgehead atoms. The van der Waals surface area contributed by atoms with Gasteiger partial charge in [-0.3, -0.25) is 23.4 Å². The number of hydrogen-bond acceptors (Lipinski definition) is 15. The number of alkyl halides is 1. The summed E-state index contributed by atoms with van der Waals surface area (Å²) >= 11 is 9.36. The standard InChI is InChI=1S/C21H25FN10O8P2S2/c22-12-15-11(39-20(12)32-7-27-13-16(23)25-5-26-17(13)32)4-38-41(34,43)37-3-9-8(2-36-42(35,44)40-15)1-10(9)31-6-28-14-18(31)29-21(24)30-19(14)33/h5-12,15,20H,1-4H2,(H,34,43)(H,35,44)(H2,23,25,26)(H3,24,29,30,33)/t8-,9-,10-,11-,12-,15-,20-,41?,42?/m1/s1. The predicted molar refractivity (Wildman–Crippen MR) is 158 cm³/mol. The topological polar surface area (TPSA) is 243 Å². The molecule has 0 radical (unpaired) electrons. The van der Waals surface area contributed by atoms with Crippen molar-refractivity contribution in [1.82, 2.24) is 39.0 Å². The van der Waals surface area contributed by atoms with Gasteiger partial charge in [-0.1, -0.05) is 12.2 Å². The molecule has 0 aromatic carbocycles. The molecular weight excluding hydrogens is 665 g/mol. The Morgan fingerprint density at radius 3 is 2.64 bits per heavy atom. The molecule has 236 valence electrons. The number of hydrogen-bond donors (Lipinski definition) is 5. The largest absolute Gasteiger partial charge is 0.386 e. The van der Waals surface area contributed by atoms with E-state index in [9.17, 15) is 14.3 Å². The van der Waals surface area contributed by atoms with E-state index in [0.717, 1.165) is 0 Å². The van der Waals surface area contributed by atoms with Gasteiger partial charge >= 0.3 is 13.5 Å². The van der Waals surface area contributed by atoms with Crippen LogP contribution in [-0.4, -0.2) is 82.1 Å². The summed E-state index contributed by atoms with van der Waals surface area (Å²) in [6, 6.07) is -0.334. The summed E-state index contributed by atoms with van der Waals surface area (Å²) in [5, 5.41) is 0. The third-order valence-corrected chi connectivity index (χ3v) is 11.1. The summed E-state index contributed by atoms with van der Waals surface area (Å²) in [7, 11) is 0. The van der Waals surface area contributed by atoms with Crippen molar-refractivity contribution in [2.24, 2.45) is 11.8 Å². The summed E-state index contributed by atoms with van der Waals surface area (Å²) in [6.45, 7) is -8.81. The number of imidazole rings is 2. The lowest BCUT2D eigenvalue weighted by molar-refractivity contribution is -0.0413. The molecule has 2 aliphatic heterocycles. The van der Waals surface area contributed by atoms with E-state index in [2.05, 4.69) is 42.2 Å². The Kier molecular flexibility index (Phi) is 7.55. The van der Waals surface area contributed by atoms with E-state index in [0.29, 0.717) is 6.42 Å². The number of nitrogens with two attached hydrogens (primary N) is 2. The minimum Gasteiger partial charge on any atom is -0.382 e. The Hall–Kier alpha value is -2.58. The molecule has 9 atom stereocenters. The molecule has 1 saturated carbocycles. The highest BCUT2D eigenvalue weighted by Crippen LogP contribution is 2.58. The molecule has 23 heteroatoms. The monoisotopic (exact) mass is 690 g/mol. The van der Waals surface area contributed by atoms with Crippen molar-refractivity contribution in [3.05, 3.63) is 29.3 Å². The summed E-state index contributed by atoms with van der Waals surface area (Å²) in [5.74, 6) is -0.687. The number of nitrogens with one attached hydrogen (secondary N) is 1. The number of anilines is 2. The molecule has 3 fully saturated rings. The molecular formula is C21H25FN10O8P2S2. The molecule has 0 amide bonds. The van der Waals surface area contributed by atoms with Crippen molar-refractivity contribution >= 4 is 71.7 Å². The van der Waals surface area contributed by atoms with Gasteiger partial charge in [0, 0.05) is 12.0 Å². The van der Waals surface area contributed by atoms with E-state index in [4.69, 9.17) is 46.1 Å². The summed E-state index contributed by atoms with van der Waals surface area (Å²) in [4.78, 5) is 46.1. The average molecular weight is 691 g/mol. The highest BCUT2D eigenvalue weighted by Gasteiger charge is 2.51. The number of nitrogen functional groups attached to an aromatic ring is 2. The second-order valence-corrected chi connectivity index (χ2v) is 16.2. The van der Waals surface area contributed by atoms with Gasteiger partial charge in [0.25, 0.3) is 5.56 Å². The van der Waals surface area contributed by atoms with Crippen LogP contribution in [-0.2, 0) is 39.2 Å². The van der Waals surface area contributed by atoms with Crippen molar-refractivity contribution in [3.63, 3.8) is 0 Å². The van der Waals surface area contributed by atoms with Crippen LogP contribution in [0.25, 0.3) is 22.3 Å². The van der Waals surface area contributed by atoms with Crippen molar-refractivity contribution < 1.29 is 36.7 Å². The van der Waals surface area contributed by atoms with E-state index in [1.807, 2.05) is 0 Å². The lowest BCUT2D eigenvalue weighted by Gasteiger charge is -2.45. The normalized spacial score (nSPS) is 36.6. The van der Waals surface area contributed by atoms with E-state index >= 15 is 4.39 Å². The molecule has 2 unspecified atom stereocenters. The SMILES string of the molecule is Nc1nc2c(ncn2[C@@H]2C[C@@H]3COP(O)(=S)O[C@H]4[C@@H](F)[C@H](n5cnc6c(N)ncnc65)O[C@@H]4COP(=O)(S)OC[C@H]32)c(=O)[nH]1. The number of aromatic nitrogens is 8. The van der Waals surface area contributed by atoms with E-state index in [-0.39, 0.29) is 59.3 Å². The minimum absolute atomic E-state index is 0.0826. The third kappa shape index (κ3) is 5.34. The Bertz CT molecular complexity index is 1910. The summed E-state index contributed by atoms with van der Waals surface area (Å²) in [5.41, 5.74) is 11.9. The van der Waals surface area contributed by atoms with E-state index in [1.54, 1.807) is 4.57 Å². The van der Waals surface area contributed by atoms with Crippen LogP contribution in [0.3, 0.4) is 0 Å². The fraction of sp³-hybridized carbons (Fsp3) is 0.524. The van der Waals surface area contributed by atoms with Gasteiger partial charge < -0.3 is 34.7 Å². The second kappa shape index (κ2) is 11.0.